The lowest BCUT2D eigenvalue weighted by atomic mass is 10.1. The minimum absolute atomic E-state index is 0. The lowest BCUT2D eigenvalue weighted by molar-refractivity contribution is 0.0933. The van der Waals surface area contributed by atoms with Crippen molar-refractivity contribution in [2.45, 2.75) is 23.8 Å². The van der Waals surface area contributed by atoms with Crippen molar-refractivity contribution in [3.8, 4) is 0 Å². The number of nitrogens with two attached hydrogens (primary N) is 1. The van der Waals surface area contributed by atoms with Gasteiger partial charge in [-0.05, 0) is 43.0 Å². The Morgan fingerprint density at radius 3 is 2.43 bits per heavy atom. The molecule has 1 aromatic carbocycles. The number of carbonyl (C=O) groups is 1. The summed E-state index contributed by atoms with van der Waals surface area (Å²) in [4.78, 5) is 12.2. The zero-order valence-electron chi connectivity index (χ0n) is 12.7. The number of sulfonamides is 1. The number of hydrogen-bond acceptors (Lipinski definition) is 4. The van der Waals surface area contributed by atoms with Crippen molar-refractivity contribution in [3.63, 3.8) is 0 Å². The molecule has 1 fully saturated rings. The first-order valence-electron chi connectivity index (χ1n) is 7.19. The van der Waals surface area contributed by atoms with Gasteiger partial charge in [0.05, 0.1) is 4.90 Å². The van der Waals surface area contributed by atoms with Crippen LogP contribution in [0.4, 0.5) is 0 Å². The van der Waals surface area contributed by atoms with E-state index in [4.69, 9.17) is 5.73 Å². The van der Waals surface area contributed by atoms with Crippen LogP contribution < -0.4 is 15.8 Å². The number of halogens is 1. The Hall–Kier alpha value is -1.41. The highest BCUT2D eigenvalue weighted by Crippen LogP contribution is 2.32. The van der Waals surface area contributed by atoms with E-state index in [0.29, 0.717) is 18.0 Å². The molecule has 8 heteroatoms. The van der Waals surface area contributed by atoms with Crippen LogP contribution in [0.3, 0.4) is 0 Å². The first kappa shape index (κ1) is 19.6. The molecule has 1 aromatic rings. The summed E-state index contributed by atoms with van der Waals surface area (Å²) in [6.07, 6.45) is 3.65. The maximum atomic E-state index is 12.1. The summed E-state index contributed by atoms with van der Waals surface area (Å²) >= 11 is 0. The molecule has 1 unspecified atom stereocenters. The summed E-state index contributed by atoms with van der Waals surface area (Å²) < 4.78 is 26.2. The van der Waals surface area contributed by atoms with E-state index in [1.54, 1.807) is 0 Å². The van der Waals surface area contributed by atoms with Crippen LogP contribution in [0.15, 0.2) is 41.8 Å². The minimum atomic E-state index is -3.57. The highest BCUT2D eigenvalue weighted by molar-refractivity contribution is 7.89. The van der Waals surface area contributed by atoms with Gasteiger partial charge in [-0.25, -0.2) is 13.1 Å². The van der Waals surface area contributed by atoms with Gasteiger partial charge in [-0.3, -0.25) is 4.79 Å². The Labute approximate surface area is 143 Å². The van der Waals surface area contributed by atoms with Gasteiger partial charge in [-0.15, -0.1) is 19.0 Å². The van der Waals surface area contributed by atoms with Crippen molar-refractivity contribution in [2.24, 2.45) is 11.7 Å². The molecule has 0 aliphatic heterocycles. The molecular formula is C15H22ClN3O3S. The van der Waals surface area contributed by atoms with Crippen LogP contribution in [-0.2, 0) is 10.0 Å². The van der Waals surface area contributed by atoms with E-state index in [2.05, 4.69) is 16.6 Å². The number of nitrogens with one attached hydrogen (secondary N) is 2. The van der Waals surface area contributed by atoms with Crippen molar-refractivity contribution in [2.75, 3.05) is 13.1 Å². The average Bonchev–Trinajstić information content (AvgIpc) is 3.35. The van der Waals surface area contributed by atoms with Crippen LogP contribution in [0.1, 0.15) is 23.2 Å². The van der Waals surface area contributed by atoms with Gasteiger partial charge < -0.3 is 11.1 Å². The van der Waals surface area contributed by atoms with Gasteiger partial charge in [0.15, 0.2) is 0 Å². The third-order valence-corrected chi connectivity index (χ3v) is 5.05. The standard InChI is InChI=1S/C15H21N3O3S.ClH/c1-2-9-17-22(20,21)13-7-5-12(6-8-13)15(19)18-14(10-16)11-3-4-11;/h2,5-8,11,14,17H,1,3-4,9-10,16H2,(H,18,19);1H. The van der Waals surface area contributed by atoms with E-state index >= 15 is 0 Å². The van der Waals surface area contributed by atoms with E-state index in [1.807, 2.05) is 0 Å². The highest BCUT2D eigenvalue weighted by Gasteiger charge is 2.31. The molecule has 1 aliphatic carbocycles. The van der Waals surface area contributed by atoms with E-state index < -0.39 is 10.0 Å². The van der Waals surface area contributed by atoms with Gasteiger partial charge in [0.25, 0.3) is 5.91 Å². The molecule has 4 N–H and O–H groups in total. The normalized spacial score (nSPS) is 15.3. The van der Waals surface area contributed by atoms with Gasteiger partial charge in [0.1, 0.15) is 0 Å². The quantitative estimate of drug-likeness (QED) is 0.603. The molecule has 1 saturated carbocycles. The topological polar surface area (TPSA) is 101 Å². The number of benzene rings is 1. The second kappa shape index (κ2) is 8.44. The van der Waals surface area contributed by atoms with Crippen LogP contribution in [0.5, 0.6) is 0 Å². The summed E-state index contributed by atoms with van der Waals surface area (Å²) in [5.74, 6) is 0.238. The van der Waals surface area contributed by atoms with Crippen molar-refractivity contribution in [1.82, 2.24) is 10.0 Å². The van der Waals surface area contributed by atoms with Crippen LogP contribution in [0.25, 0.3) is 0 Å². The minimum Gasteiger partial charge on any atom is -0.348 e. The summed E-state index contributed by atoms with van der Waals surface area (Å²) in [5, 5.41) is 2.90. The smallest absolute Gasteiger partial charge is 0.251 e. The number of hydrogen-bond donors (Lipinski definition) is 3. The summed E-state index contributed by atoms with van der Waals surface area (Å²) in [6.45, 7) is 4.03. The molecule has 1 atom stereocenters. The molecule has 0 heterocycles. The molecule has 0 bridgehead atoms. The van der Waals surface area contributed by atoms with E-state index in [1.165, 1.54) is 30.3 Å². The second-order valence-corrected chi connectivity index (χ2v) is 7.08. The SMILES string of the molecule is C=CCNS(=O)(=O)c1ccc(C(=O)NC(CN)C2CC2)cc1.Cl. The fourth-order valence-corrected chi connectivity index (χ4v) is 3.16. The van der Waals surface area contributed by atoms with Crippen molar-refractivity contribution >= 4 is 28.3 Å². The fourth-order valence-electron chi connectivity index (χ4n) is 2.16. The molecule has 128 valence electrons. The predicted octanol–water partition coefficient (Wildman–Crippen LogP) is 1.04. The van der Waals surface area contributed by atoms with E-state index in [9.17, 15) is 13.2 Å². The van der Waals surface area contributed by atoms with Crippen LogP contribution in [-0.4, -0.2) is 33.5 Å². The Morgan fingerprint density at radius 2 is 1.96 bits per heavy atom. The number of carbonyl (C=O) groups excluding carboxylic acids is 1. The lowest BCUT2D eigenvalue weighted by Gasteiger charge is -2.16. The molecule has 0 radical (unpaired) electrons. The largest absolute Gasteiger partial charge is 0.348 e. The van der Waals surface area contributed by atoms with Crippen molar-refractivity contribution in [3.05, 3.63) is 42.5 Å². The van der Waals surface area contributed by atoms with Gasteiger partial charge in [-0.1, -0.05) is 6.08 Å². The Balaban J connectivity index is 0.00000264. The van der Waals surface area contributed by atoms with Crippen molar-refractivity contribution in [1.29, 1.82) is 0 Å². The molecule has 0 aromatic heterocycles. The Kier molecular flexibility index (Phi) is 7.21. The van der Waals surface area contributed by atoms with Gasteiger partial charge >= 0.3 is 0 Å². The zero-order chi connectivity index (χ0) is 16.2. The maximum Gasteiger partial charge on any atom is 0.251 e. The van der Waals surface area contributed by atoms with Crippen molar-refractivity contribution < 1.29 is 13.2 Å². The molecule has 0 saturated heterocycles. The van der Waals surface area contributed by atoms with Crippen LogP contribution in [0, 0.1) is 5.92 Å². The summed E-state index contributed by atoms with van der Waals surface area (Å²) in [6, 6.07) is 5.81. The van der Waals surface area contributed by atoms with Gasteiger partial charge in [0.2, 0.25) is 10.0 Å². The molecule has 0 spiro atoms. The molecule has 2 rings (SSSR count). The van der Waals surface area contributed by atoms with Crippen LogP contribution >= 0.6 is 12.4 Å². The molecule has 23 heavy (non-hydrogen) atoms. The molecule has 1 amide bonds. The Bertz CT molecular complexity index is 642. The first-order chi connectivity index (χ1) is 10.5. The monoisotopic (exact) mass is 359 g/mol. The van der Waals surface area contributed by atoms with Gasteiger partial charge in [-0.2, -0.15) is 0 Å². The lowest BCUT2D eigenvalue weighted by Crippen LogP contribution is -2.41. The van der Waals surface area contributed by atoms with Gasteiger partial charge in [0, 0.05) is 24.7 Å². The summed E-state index contributed by atoms with van der Waals surface area (Å²) in [5.41, 5.74) is 6.08. The van der Waals surface area contributed by atoms with Crippen LogP contribution in [0.2, 0.25) is 0 Å². The third kappa shape index (κ3) is 5.31. The predicted molar refractivity (Wildman–Crippen MR) is 92.1 cm³/mol. The number of rotatable bonds is 8. The molecule has 1 aliphatic rings. The first-order valence-corrected chi connectivity index (χ1v) is 8.68. The molecular weight excluding hydrogens is 338 g/mol. The van der Waals surface area contributed by atoms with E-state index in [0.717, 1.165) is 12.8 Å². The van der Waals surface area contributed by atoms with E-state index in [-0.39, 0.29) is 35.8 Å². The summed E-state index contributed by atoms with van der Waals surface area (Å²) in [7, 11) is -3.57. The number of amides is 1. The fraction of sp³-hybridized carbons (Fsp3) is 0.400. The highest BCUT2D eigenvalue weighted by atomic mass is 35.5. The zero-order valence-corrected chi connectivity index (χ0v) is 14.3. The maximum absolute atomic E-state index is 12.1. The third-order valence-electron chi connectivity index (χ3n) is 3.61. The molecule has 6 nitrogen and oxygen atoms in total. The average molecular weight is 360 g/mol. The second-order valence-electron chi connectivity index (χ2n) is 5.32. The Morgan fingerprint density at radius 1 is 1.35 bits per heavy atom.